The van der Waals surface area contributed by atoms with E-state index >= 15 is 0 Å². The molecule has 0 unspecified atom stereocenters. The number of carbonyl (C=O) groups excluding carboxylic acids is 1. The minimum absolute atomic E-state index is 0.00213. The van der Waals surface area contributed by atoms with Crippen molar-refractivity contribution in [1.29, 1.82) is 0 Å². The molecule has 0 bridgehead atoms. The number of aliphatic carboxylic acids is 1. The zero-order chi connectivity index (χ0) is 17.9. The molecule has 0 saturated carbocycles. The van der Waals surface area contributed by atoms with Crippen molar-refractivity contribution in [2.45, 2.75) is 18.4 Å². The highest BCUT2D eigenvalue weighted by Gasteiger charge is 2.41. The number of nitrogens with one attached hydrogen (secondary N) is 1. The average Bonchev–Trinajstić information content (AvgIpc) is 2.63. The summed E-state index contributed by atoms with van der Waals surface area (Å²) in [6.45, 7) is 0. The lowest BCUT2D eigenvalue weighted by atomic mass is 9.92. The Kier molecular flexibility index (Phi) is 4.89. The van der Waals surface area contributed by atoms with Crippen LogP contribution in [-0.4, -0.2) is 43.8 Å². The number of benzene rings is 1. The number of hydrogen-bond acceptors (Lipinski definition) is 5. The number of nitrogens with zero attached hydrogens (tertiary/aromatic N) is 2. The van der Waals surface area contributed by atoms with Crippen LogP contribution in [0.1, 0.15) is 23.3 Å². The van der Waals surface area contributed by atoms with Crippen LogP contribution >= 0.6 is 11.8 Å². The molecule has 1 aliphatic rings. The first-order valence-electron chi connectivity index (χ1n) is 7.81. The fraction of sp³-hybridized carbons (Fsp3) is 0.294. The molecule has 8 heteroatoms. The third-order valence-electron chi connectivity index (χ3n) is 4.14. The summed E-state index contributed by atoms with van der Waals surface area (Å²) in [4.78, 5) is 36.3. The lowest BCUT2D eigenvalue weighted by Crippen LogP contribution is -2.56. The molecule has 2 aromatic rings. The molecule has 1 aromatic heterocycles. The van der Waals surface area contributed by atoms with Crippen LogP contribution in [0.4, 0.5) is 0 Å². The summed E-state index contributed by atoms with van der Waals surface area (Å²) in [6, 6.07) is 11.3. The molecule has 2 N–H and O–H groups in total. The molecule has 2 heterocycles. The van der Waals surface area contributed by atoms with Gasteiger partial charge in [-0.2, -0.15) is 21.5 Å². The van der Waals surface area contributed by atoms with Gasteiger partial charge in [-0.25, -0.2) is 4.79 Å². The number of rotatable bonds is 4. The third kappa shape index (κ3) is 3.58. The number of amides is 1. The maximum atomic E-state index is 12.6. The van der Waals surface area contributed by atoms with Crippen LogP contribution in [0.15, 0.2) is 47.3 Å². The topological polar surface area (TPSA) is 101 Å². The number of carbonyl (C=O) groups is 2. The van der Waals surface area contributed by atoms with Crippen molar-refractivity contribution < 1.29 is 14.7 Å². The zero-order valence-corrected chi connectivity index (χ0v) is 14.2. The van der Waals surface area contributed by atoms with Gasteiger partial charge in [0.1, 0.15) is 11.2 Å². The minimum Gasteiger partial charge on any atom is -0.480 e. The van der Waals surface area contributed by atoms with Crippen LogP contribution in [-0.2, 0) is 4.79 Å². The van der Waals surface area contributed by atoms with Crippen LogP contribution in [0.2, 0.25) is 0 Å². The van der Waals surface area contributed by atoms with Crippen molar-refractivity contribution in [2.24, 2.45) is 0 Å². The zero-order valence-electron chi connectivity index (χ0n) is 13.3. The molecule has 3 rings (SSSR count). The number of para-hydroxylation sites is 1. The quantitative estimate of drug-likeness (QED) is 0.854. The molecule has 1 fully saturated rings. The number of carboxylic acids is 1. The highest BCUT2D eigenvalue weighted by atomic mass is 32.2. The predicted molar refractivity (Wildman–Crippen MR) is 94.2 cm³/mol. The summed E-state index contributed by atoms with van der Waals surface area (Å²) in [5.74, 6) is -0.302. The van der Waals surface area contributed by atoms with E-state index in [0.717, 1.165) is 4.68 Å². The molecular weight excluding hydrogens is 342 g/mol. The first-order valence-corrected chi connectivity index (χ1v) is 8.97. The van der Waals surface area contributed by atoms with Gasteiger partial charge in [0.15, 0.2) is 0 Å². The Balaban J connectivity index is 1.90. The number of thioether (sulfide) groups is 1. The molecular formula is C17H17N3O4S. The van der Waals surface area contributed by atoms with Gasteiger partial charge in [-0.05, 0) is 42.5 Å². The average molecular weight is 359 g/mol. The van der Waals surface area contributed by atoms with E-state index < -0.39 is 17.4 Å². The van der Waals surface area contributed by atoms with Gasteiger partial charge in [0.2, 0.25) is 0 Å². The largest absolute Gasteiger partial charge is 0.480 e. The van der Waals surface area contributed by atoms with E-state index in [9.17, 15) is 19.5 Å². The molecule has 1 amide bonds. The molecule has 0 spiro atoms. The van der Waals surface area contributed by atoms with E-state index in [1.54, 1.807) is 36.0 Å². The second-order valence-corrected chi connectivity index (χ2v) is 6.98. The van der Waals surface area contributed by atoms with Crippen LogP contribution in [0.25, 0.3) is 5.69 Å². The summed E-state index contributed by atoms with van der Waals surface area (Å²) in [5, 5.41) is 16.3. The first-order chi connectivity index (χ1) is 12.0. The highest BCUT2D eigenvalue weighted by molar-refractivity contribution is 7.99. The second-order valence-electron chi connectivity index (χ2n) is 5.76. The van der Waals surface area contributed by atoms with Crippen molar-refractivity contribution in [3.8, 4) is 5.69 Å². The Morgan fingerprint density at radius 1 is 1.12 bits per heavy atom. The van der Waals surface area contributed by atoms with Gasteiger partial charge in [0, 0.05) is 6.07 Å². The molecule has 0 aliphatic carbocycles. The molecule has 0 radical (unpaired) electrons. The highest BCUT2D eigenvalue weighted by Crippen LogP contribution is 2.27. The first kappa shape index (κ1) is 17.2. The smallest absolute Gasteiger partial charge is 0.329 e. The Morgan fingerprint density at radius 2 is 1.80 bits per heavy atom. The van der Waals surface area contributed by atoms with Gasteiger partial charge >= 0.3 is 5.97 Å². The van der Waals surface area contributed by atoms with E-state index in [-0.39, 0.29) is 11.3 Å². The lowest BCUT2D eigenvalue weighted by Gasteiger charge is -2.33. The summed E-state index contributed by atoms with van der Waals surface area (Å²) >= 11 is 1.66. The van der Waals surface area contributed by atoms with Gasteiger partial charge in [0.25, 0.3) is 11.5 Å². The van der Waals surface area contributed by atoms with Crippen LogP contribution in [0, 0.1) is 0 Å². The maximum Gasteiger partial charge on any atom is 0.329 e. The van der Waals surface area contributed by atoms with Crippen LogP contribution < -0.4 is 10.9 Å². The summed E-state index contributed by atoms with van der Waals surface area (Å²) in [5.41, 5.74) is -1.12. The standard InChI is InChI=1S/C17H17N3O4S/c21-14-7-6-13(19-20(14)12-4-2-1-3-5-12)15(22)18-17(16(23)24)8-10-25-11-9-17/h1-7H,8-11H2,(H,18,22)(H,23,24). The Morgan fingerprint density at radius 3 is 2.44 bits per heavy atom. The second kappa shape index (κ2) is 7.10. The van der Waals surface area contributed by atoms with Gasteiger partial charge in [0.05, 0.1) is 5.69 Å². The molecule has 0 atom stereocenters. The van der Waals surface area contributed by atoms with Gasteiger partial charge in [-0.1, -0.05) is 18.2 Å². The van der Waals surface area contributed by atoms with E-state index in [2.05, 4.69) is 10.4 Å². The Hall–Kier alpha value is -2.61. The maximum absolute atomic E-state index is 12.6. The molecule has 25 heavy (non-hydrogen) atoms. The number of hydrogen-bond donors (Lipinski definition) is 2. The molecule has 7 nitrogen and oxygen atoms in total. The molecule has 1 saturated heterocycles. The summed E-state index contributed by atoms with van der Waals surface area (Å²) < 4.78 is 1.12. The van der Waals surface area contributed by atoms with Gasteiger partial charge in [-0.3, -0.25) is 9.59 Å². The van der Waals surface area contributed by atoms with Crippen molar-refractivity contribution in [2.75, 3.05) is 11.5 Å². The van der Waals surface area contributed by atoms with E-state index in [4.69, 9.17) is 0 Å². The minimum atomic E-state index is -1.28. The SMILES string of the molecule is O=C(NC1(C(=O)O)CCSCC1)c1ccc(=O)n(-c2ccccc2)n1. The lowest BCUT2D eigenvalue weighted by molar-refractivity contribution is -0.144. The van der Waals surface area contributed by atoms with E-state index in [1.165, 1.54) is 12.1 Å². The van der Waals surface area contributed by atoms with Gasteiger partial charge in [-0.15, -0.1) is 0 Å². The van der Waals surface area contributed by atoms with Crippen molar-refractivity contribution in [3.05, 3.63) is 58.5 Å². The van der Waals surface area contributed by atoms with Crippen LogP contribution in [0.5, 0.6) is 0 Å². The summed E-state index contributed by atoms with van der Waals surface area (Å²) in [7, 11) is 0. The molecule has 1 aromatic carbocycles. The summed E-state index contributed by atoms with van der Waals surface area (Å²) in [6.07, 6.45) is 0.716. The van der Waals surface area contributed by atoms with Crippen molar-refractivity contribution in [1.82, 2.24) is 15.1 Å². The number of carboxylic acid groups (broad SMARTS) is 1. The predicted octanol–water partition coefficient (Wildman–Crippen LogP) is 1.31. The number of aromatic nitrogens is 2. The van der Waals surface area contributed by atoms with Crippen molar-refractivity contribution >= 4 is 23.6 Å². The molecule has 1 aliphatic heterocycles. The normalized spacial score (nSPS) is 16.2. The fourth-order valence-electron chi connectivity index (χ4n) is 2.68. The van der Waals surface area contributed by atoms with E-state index in [1.807, 2.05) is 6.07 Å². The van der Waals surface area contributed by atoms with Gasteiger partial charge < -0.3 is 10.4 Å². The van der Waals surface area contributed by atoms with E-state index in [0.29, 0.717) is 30.0 Å². The van der Waals surface area contributed by atoms with Crippen molar-refractivity contribution in [3.63, 3.8) is 0 Å². The Labute approximate surface area is 148 Å². The molecule has 130 valence electrons. The monoisotopic (exact) mass is 359 g/mol. The van der Waals surface area contributed by atoms with Crippen LogP contribution in [0.3, 0.4) is 0 Å². The Bertz CT molecular complexity index is 844. The third-order valence-corrected chi connectivity index (χ3v) is 5.13. The fourth-order valence-corrected chi connectivity index (χ4v) is 3.87.